The molecule has 0 aliphatic carbocycles. The van der Waals surface area contributed by atoms with Crippen molar-refractivity contribution in [3.05, 3.63) is 41.0 Å². The second-order valence-electron chi connectivity index (χ2n) is 8.19. The summed E-state index contributed by atoms with van der Waals surface area (Å²) in [4.78, 5) is 18.8. The number of fused-ring (bicyclic) bond motifs is 1. The summed E-state index contributed by atoms with van der Waals surface area (Å²) >= 11 is 0. The van der Waals surface area contributed by atoms with Gasteiger partial charge in [0, 0.05) is 37.4 Å². The number of carbonyl (C=O) groups excluding carboxylic acids is 1. The molecule has 0 aromatic carbocycles. The van der Waals surface area contributed by atoms with E-state index in [2.05, 4.69) is 17.0 Å². The average Bonchev–Trinajstić information content (AvgIpc) is 3.19. The Morgan fingerprint density at radius 3 is 2.40 bits per heavy atom. The van der Waals surface area contributed by atoms with Crippen LogP contribution in [0.15, 0.2) is 18.3 Å². The molecule has 0 N–H and O–H groups in total. The lowest BCUT2D eigenvalue weighted by Gasteiger charge is -2.19. The van der Waals surface area contributed by atoms with Crippen LogP contribution in [-0.2, 0) is 20.8 Å². The third kappa shape index (κ3) is 4.49. The number of carbonyl (C=O) groups is 1. The van der Waals surface area contributed by atoms with Crippen LogP contribution >= 0.6 is 0 Å². The number of likely N-dealkylation sites (tertiary alicyclic amines) is 1. The van der Waals surface area contributed by atoms with E-state index in [9.17, 15) is 4.79 Å². The number of aromatic nitrogens is 3. The minimum Gasteiger partial charge on any atom is -0.484 e. The molecule has 162 valence electrons. The fourth-order valence-corrected chi connectivity index (χ4v) is 3.93. The Morgan fingerprint density at radius 2 is 1.83 bits per heavy atom. The largest absolute Gasteiger partial charge is 0.484 e. The van der Waals surface area contributed by atoms with Gasteiger partial charge in [0.1, 0.15) is 24.1 Å². The number of amides is 1. The van der Waals surface area contributed by atoms with Crippen LogP contribution in [0, 0.1) is 27.7 Å². The second-order valence-corrected chi connectivity index (χ2v) is 8.19. The van der Waals surface area contributed by atoms with Crippen molar-refractivity contribution in [2.45, 2.75) is 59.0 Å². The summed E-state index contributed by atoms with van der Waals surface area (Å²) < 4.78 is 19.9. The third-order valence-electron chi connectivity index (χ3n) is 6.03. The molecule has 0 spiro atoms. The number of pyridine rings is 1. The SMILES string of the molecule is Cc1ccc(OC2CO[C@H]3CN(C(=O)CCn4nc(C)c(C)c4C)C[C@@H]3OC2)cn1. The van der Waals surface area contributed by atoms with Gasteiger partial charge in [0.15, 0.2) is 0 Å². The van der Waals surface area contributed by atoms with E-state index < -0.39 is 0 Å². The quantitative estimate of drug-likeness (QED) is 0.744. The first-order valence-corrected chi connectivity index (χ1v) is 10.5. The van der Waals surface area contributed by atoms with Crippen molar-refractivity contribution >= 4 is 5.91 Å². The Bertz CT molecular complexity index is 879. The maximum absolute atomic E-state index is 12.7. The van der Waals surface area contributed by atoms with E-state index in [1.54, 1.807) is 6.20 Å². The maximum atomic E-state index is 12.7. The highest BCUT2D eigenvalue weighted by Gasteiger charge is 2.39. The Labute approximate surface area is 177 Å². The number of nitrogens with zero attached hydrogens (tertiary/aromatic N) is 4. The van der Waals surface area contributed by atoms with Crippen molar-refractivity contribution in [2.24, 2.45) is 0 Å². The molecule has 30 heavy (non-hydrogen) atoms. The first kappa shape index (κ1) is 20.8. The van der Waals surface area contributed by atoms with Gasteiger partial charge in [-0.3, -0.25) is 14.5 Å². The van der Waals surface area contributed by atoms with Gasteiger partial charge >= 0.3 is 0 Å². The lowest BCUT2D eigenvalue weighted by atomic mass is 10.2. The van der Waals surface area contributed by atoms with Gasteiger partial charge in [0.25, 0.3) is 0 Å². The molecule has 2 aromatic heterocycles. The van der Waals surface area contributed by atoms with Gasteiger partial charge in [-0.05, 0) is 45.4 Å². The van der Waals surface area contributed by atoms with Gasteiger partial charge in [-0.2, -0.15) is 5.10 Å². The predicted molar refractivity (Wildman–Crippen MR) is 111 cm³/mol. The minimum atomic E-state index is -0.182. The molecule has 0 radical (unpaired) electrons. The van der Waals surface area contributed by atoms with Crippen molar-refractivity contribution < 1.29 is 19.0 Å². The van der Waals surface area contributed by atoms with Crippen LogP contribution in [0.1, 0.15) is 29.1 Å². The molecule has 2 aliphatic heterocycles. The molecule has 0 unspecified atom stereocenters. The summed E-state index contributed by atoms with van der Waals surface area (Å²) in [5.41, 5.74) is 4.27. The molecule has 2 atom stereocenters. The fourth-order valence-electron chi connectivity index (χ4n) is 3.93. The van der Waals surface area contributed by atoms with Crippen LogP contribution in [0.4, 0.5) is 0 Å². The molecule has 2 saturated heterocycles. The summed E-state index contributed by atoms with van der Waals surface area (Å²) in [7, 11) is 0. The van der Waals surface area contributed by atoms with Gasteiger partial charge in [-0.1, -0.05) is 0 Å². The number of ether oxygens (including phenoxy) is 3. The summed E-state index contributed by atoms with van der Waals surface area (Å²) in [5.74, 6) is 0.820. The van der Waals surface area contributed by atoms with Crippen LogP contribution in [0.25, 0.3) is 0 Å². The average molecular weight is 415 g/mol. The van der Waals surface area contributed by atoms with Gasteiger partial charge in [0.2, 0.25) is 5.91 Å². The number of aryl methyl sites for hydroxylation is 3. The fraction of sp³-hybridized carbons (Fsp3) is 0.591. The van der Waals surface area contributed by atoms with E-state index in [1.807, 2.05) is 42.5 Å². The molecular weight excluding hydrogens is 384 g/mol. The maximum Gasteiger partial charge on any atom is 0.224 e. The molecule has 4 heterocycles. The van der Waals surface area contributed by atoms with Crippen molar-refractivity contribution in [3.63, 3.8) is 0 Å². The zero-order chi connectivity index (χ0) is 21.3. The molecule has 0 bridgehead atoms. The summed E-state index contributed by atoms with van der Waals surface area (Å²) in [5, 5.41) is 4.52. The van der Waals surface area contributed by atoms with E-state index in [-0.39, 0.29) is 24.2 Å². The van der Waals surface area contributed by atoms with Crippen LogP contribution in [0.5, 0.6) is 5.75 Å². The second kappa shape index (κ2) is 8.73. The van der Waals surface area contributed by atoms with Crippen molar-refractivity contribution in [2.75, 3.05) is 26.3 Å². The molecular formula is C22H30N4O4. The van der Waals surface area contributed by atoms with Crippen LogP contribution < -0.4 is 4.74 Å². The van der Waals surface area contributed by atoms with E-state index in [0.717, 1.165) is 17.1 Å². The lowest BCUT2D eigenvalue weighted by Crippen LogP contribution is -2.33. The smallest absolute Gasteiger partial charge is 0.224 e. The van der Waals surface area contributed by atoms with Crippen LogP contribution in [-0.4, -0.2) is 70.2 Å². The molecule has 1 amide bonds. The lowest BCUT2D eigenvalue weighted by molar-refractivity contribution is -0.131. The zero-order valence-electron chi connectivity index (χ0n) is 18.1. The normalized spacial score (nSPS) is 22.1. The standard InChI is InChI=1S/C22H30N4O4/c1-14-5-6-18(9-23-14)30-19-12-28-20-10-25(11-21(20)29-13-19)22(27)7-8-26-17(4)15(2)16(3)24-26/h5-6,9,19-21H,7-8,10-13H2,1-4H3/t20-,21-/m0/s1. The first-order valence-electron chi connectivity index (χ1n) is 10.5. The Hall–Kier alpha value is -2.45. The van der Waals surface area contributed by atoms with E-state index in [4.69, 9.17) is 14.2 Å². The van der Waals surface area contributed by atoms with Crippen molar-refractivity contribution in [3.8, 4) is 5.75 Å². The number of rotatable bonds is 5. The Kier molecular flexibility index (Phi) is 6.06. The first-order chi connectivity index (χ1) is 14.4. The van der Waals surface area contributed by atoms with Crippen LogP contribution in [0.3, 0.4) is 0 Å². The zero-order valence-corrected chi connectivity index (χ0v) is 18.1. The van der Waals surface area contributed by atoms with E-state index in [1.165, 1.54) is 5.56 Å². The van der Waals surface area contributed by atoms with Crippen LogP contribution in [0.2, 0.25) is 0 Å². The van der Waals surface area contributed by atoms with Gasteiger partial charge in [0.05, 0.1) is 25.1 Å². The highest BCUT2D eigenvalue weighted by molar-refractivity contribution is 5.76. The van der Waals surface area contributed by atoms with E-state index in [0.29, 0.717) is 45.0 Å². The van der Waals surface area contributed by atoms with Crippen molar-refractivity contribution in [1.82, 2.24) is 19.7 Å². The van der Waals surface area contributed by atoms with Gasteiger partial charge in [-0.15, -0.1) is 0 Å². The number of hydrogen-bond donors (Lipinski definition) is 0. The number of hydrogen-bond acceptors (Lipinski definition) is 6. The monoisotopic (exact) mass is 414 g/mol. The molecule has 2 fully saturated rings. The molecule has 8 nitrogen and oxygen atoms in total. The predicted octanol–water partition coefficient (Wildman–Crippen LogP) is 1.98. The molecule has 0 saturated carbocycles. The molecule has 4 rings (SSSR count). The summed E-state index contributed by atoms with van der Waals surface area (Å²) in [6, 6.07) is 3.82. The molecule has 8 heteroatoms. The molecule has 2 aliphatic rings. The summed E-state index contributed by atoms with van der Waals surface area (Å²) in [6.45, 7) is 10.6. The minimum absolute atomic E-state index is 0.110. The summed E-state index contributed by atoms with van der Waals surface area (Å²) in [6.07, 6.45) is 1.72. The van der Waals surface area contributed by atoms with Gasteiger partial charge < -0.3 is 19.1 Å². The van der Waals surface area contributed by atoms with Crippen molar-refractivity contribution in [1.29, 1.82) is 0 Å². The Balaban J connectivity index is 1.27. The topological polar surface area (TPSA) is 78.7 Å². The van der Waals surface area contributed by atoms with Gasteiger partial charge in [-0.25, -0.2) is 0 Å². The highest BCUT2D eigenvalue weighted by Crippen LogP contribution is 2.23. The molecule has 2 aromatic rings. The Morgan fingerprint density at radius 1 is 1.13 bits per heavy atom. The van der Waals surface area contributed by atoms with E-state index >= 15 is 0 Å². The third-order valence-corrected chi connectivity index (χ3v) is 6.03. The highest BCUT2D eigenvalue weighted by atomic mass is 16.6.